The van der Waals surface area contributed by atoms with Crippen LogP contribution in [0.4, 0.5) is 34.1 Å². The Labute approximate surface area is 438 Å². The van der Waals surface area contributed by atoms with E-state index in [-0.39, 0.29) is 20.1 Å². The summed E-state index contributed by atoms with van der Waals surface area (Å²) in [7, 11) is 0. The van der Waals surface area contributed by atoms with Crippen molar-refractivity contribution in [2.24, 2.45) is 0 Å². The maximum Gasteiger partial charge on any atom is 0.268 e. The van der Waals surface area contributed by atoms with Crippen molar-refractivity contribution in [3.63, 3.8) is 0 Å². The Hall–Kier alpha value is -7.96. The molecule has 0 radical (unpaired) electrons. The number of nitrogens with one attached hydrogen (secondary N) is 2. The normalized spacial score (nSPS) is 14.4. The number of benzene rings is 9. The first-order chi connectivity index (χ1) is 36.4. The van der Waals surface area contributed by atoms with E-state index in [1.807, 2.05) is 22.7 Å². The molecule has 2 N–H and O–H groups in total. The zero-order valence-corrected chi connectivity index (χ0v) is 42.5. The van der Waals surface area contributed by atoms with Crippen LogP contribution < -0.4 is 76.9 Å². The fraction of sp³-hybridized carbons (Fsp3) is 0.0492. The second kappa shape index (κ2) is 14.2. The molecule has 13 heteroatoms. The van der Waals surface area contributed by atoms with Crippen molar-refractivity contribution in [3.05, 3.63) is 169 Å². The molecule has 9 heterocycles. The Morgan fingerprint density at radius 2 is 0.973 bits per heavy atom. The Bertz CT molecular complexity index is 4570. The van der Waals surface area contributed by atoms with Gasteiger partial charge in [0, 0.05) is 87.3 Å². The van der Waals surface area contributed by atoms with Crippen LogP contribution in [0.1, 0.15) is 11.1 Å². The molecule has 6 aliphatic heterocycles. The fourth-order valence-electron chi connectivity index (χ4n) is 13.6. The Kier molecular flexibility index (Phi) is 7.78. The molecule has 346 valence electrons. The van der Waals surface area contributed by atoms with E-state index < -0.39 is 0 Å². The van der Waals surface area contributed by atoms with Gasteiger partial charge in [-0.1, -0.05) is 72.8 Å². The molecule has 12 aromatic rings. The number of para-hydroxylation sites is 2. The highest BCUT2D eigenvalue weighted by molar-refractivity contribution is 8.00. The molecule has 0 aliphatic carbocycles. The van der Waals surface area contributed by atoms with Crippen LogP contribution in [0.2, 0.25) is 0 Å². The number of ether oxygens (including phenoxy) is 3. The molecule has 0 spiro atoms. The summed E-state index contributed by atoms with van der Waals surface area (Å²) < 4.78 is 31.2. The predicted molar refractivity (Wildman–Crippen MR) is 316 cm³/mol. The average molecular weight is 1000 g/mol. The third-order valence-electron chi connectivity index (χ3n) is 16.5. The Morgan fingerprint density at radius 3 is 1.57 bits per heavy atom. The summed E-state index contributed by atoms with van der Waals surface area (Å²) in [6.07, 6.45) is 2.20. The lowest BCUT2D eigenvalue weighted by Gasteiger charge is -2.41. The minimum Gasteiger partial charge on any atom is -0.458 e. The van der Waals surface area contributed by atoms with Gasteiger partial charge in [0.2, 0.25) is 0 Å². The third-order valence-corrected chi connectivity index (χ3v) is 19.7. The van der Waals surface area contributed by atoms with Gasteiger partial charge in [-0.15, -0.1) is 22.7 Å². The van der Waals surface area contributed by atoms with Crippen molar-refractivity contribution >= 4 is 179 Å². The summed E-state index contributed by atoms with van der Waals surface area (Å²) >= 11 is 5.45. The number of rotatable bonds is 2. The van der Waals surface area contributed by atoms with E-state index in [0.29, 0.717) is 0 Å². The zero-order valence-electron chi connectivity index (χ0n) is 40.1. The summed E-state index contributed by atoms with van der Waals surface area (Å²) in [5.41, 5.74) is 20.8. The van der Waals surface area contributed by atoms with Crippen LogP contribution in [-0.4, -0.2) is 31.0 Å². The summed E-state index contributed by atoms with van der Waals surface area (Å²) in [6.45, 7) is 4.10. The molecule has 0 saturated carbocycles. The van der Waals surface area contributed by atoms with Gasteiger partial charge in [0.15, 0.2) is 0 Å². The van der Waals surface area contributed by atoms with Crippen molar-refractivity contribution in [1.29, 1.82) is 0 Å². The molecule has 6 aliphatic rings. The van der Waals surface area contributed by atoms with E-state index in [1.54, 1.807) is 11.9 Å². The number of aryl methyl sites for hydroxylation is 2. The highest BCUT2D eigenvalue weighted by Crippen LogP contribution is 2.47. The first-order valence-electron chi connectivity index (χ1n) is 25.2. The van der Waals surface area contributed by atoms with Gasteiger partial charge in [-0.3, -0.25) is 4.31 Å². The van der Waals surface area contributed by atoms with E-state index >= 15 is 0 Å². The number of thiophene rings is 2. The molecule has 3 aromatic heterocycles. The lowest BCUT2D eigenvalue weighted by Crippen LogP contribution is -2.64. The molecule has 0 saturated heterocycles. The van der Waals surface area contributed by atoms with Gasteiger partial charge in [0.05, 0.1) is 22.4 Å². The number of aromatic nitrogens is 1. The summed E-state index contributed by atoms with van der Waals surface area (Å²) in [6, 6.07) is 58.3. The zero-order chi connectivity index (χ0) is 48.4. The molecule has 9 aromatic carbocycles. The minimum absolute atomic E-state index is 0.0244. The highest BCUT2D eigenvalue weighted by atomic mass is 32.2. The third kappa shape index (κ3) is 5.16. The van der Waals surface area contributed by atoms with Crippen molar-refractivity contribution in [2.75, 3.05) is 21.2 Å². The van der Waals surface area contributed by atoms with E-state index in [1.165, 1.54) is 62.5 Å². The lowest BCUT2D eigenvalue weighted by atomic mass is 9.31. The highest BCUT2D eigenvalue weighted by Gasteiger charge is 2.49. The van der Waals surface area contributed by atoms with E-state index in [2.05, 4.69) is 197 Å². The van der Waals surface area contributed by atoms with Gasteiger partial charge in [-0.25, -0.2) is 0 Å². The maximum atomic E-state index is 7.48. The smallest absolute Gasteiger partial charge is 0.268 e. The maximum absolute atomic E-state index is 7.48. The van der Waals surface area contributed by atoms with Gasteiger partial charge in [-0.2, -0.15) is 0 Å². The largest absolute Gasteiger partial charge is 0.458 e. The molecular formula is C61H37B3N4O3S3. The van der Waals surface area contributed by atoms with Gasteiger partial charge in [0.1, 0.15) is 34.5 Å². The first-order valence-corrected chi connectivity index (χ1v) is 28.0. The van der Waals surface area contributed by atoms with Crippen molar-refractivity contribution in [1.82, 2.24) is 4.57 Å². The van der Waals surface area contributed by atoms with Crippen LogP contribution in [0.15, 0.2) is 158 Å². The standard InChI is InChI=1S/C61H37B3N4O3S3/c1-30-20-43-55-50(22-30)70-58-35-14-6-10-18-53(35)73-60(58)63(55)37-26-39-47(28-41(37)65-43)68(72-3)48-24-32(67-45-16-8-4-12-33(45)34-13-5-9-17-46(34)67)25-52-57(48)62(39)40-27-38-42(29-49(40)69-52)66-44-21-31(2)23-51-56(44)64(38)61-59(71-51)36-15-7-11-19-54(36)74-61/h4-29,65-66H,1-3H3. The number of fused-ring (bicyclic) bond motifs is 19. The number of anilines is 6. The van der Waals surface area contributed by atoms with Gasteiger partial charge < -0.3 is 29.4 Å². The Balaban J connectivity index is 0.915. The van der Waals surface area contributed by atoms with Gasteiger partial charge in [-0.05, 0) is 148 Å². The van der Waals surface area contributed by atoms with E-state index in [4.69, 9.17) is 14.2 Å². The number of hydrogen-bond acceptors (Lipinski definition) is 9. The van der Waals surface area contributed by atoms with Gasteiger partial charge >= 0.3 is 0 Å². The monoisotopic (exact) mass is 1000 g/mol. The lowest BCUT2D eigenvalue weighted by molar-refractivity contribution is 0.487. The second-order valence-corrected chi connectivity index (χ2v) is 23.5. The average Bonchev–Trinajstić information content (AvgIpc) is 4.09. The summed E-state index contributed by atoms with van der Waals surface area (Å²) in [4.78, 5) is 0. The molecule has 7 nitrogen and oxygen atoms in total. The van der Waals surface area contributed by atoms with Crippen LogP contribution in [0.3, 0.4) is 0 Å². The molecule has 0 amide bonds. The van der Waals surface area contributed by atoms with Crippen molar-refractivity contribution in [2.45, 2.75) is 13.8 Å². The molecular weight excluding hydrogens is 965 g/mol. The van der Waals surface area contributed by atoms with Crippen LogP contribution in [0.25, 0.3) is 47.7 Å². The Morgan fingerprint density at radius 1 is 0.446 bits per heavy atom. The van der Waals surface area contributed by atoms with Crippen molar-refractivity contribution < 1.29 is 14.2 Å². The van der Waals surface area contributed by atoms with Crippen LogP contribution in [0.5, 0.6) is 34.5 Å². The van der Waals surface area contributed by atoms with Gasteiger partial charge in [0.25, 0.3) is 20.1 Å². The predicted octanol–water partition coefficient (Wildman–Crippen LogP) is 10.5. The number of hydrogen-bond donors (Lipinski definition) is 2. The molecule has 0 unspecified atom stereocenters. The second-order valence-electron chi connectivity index (χ2n) is 20.6. The van der Waals surface area contributed by atoms with E-state index in [9.17, 15) is 0 Å². The van der Waals surface area contributed by atoms with E-state index in [0.717, 1.165) is 113 Å². The SMILES string of the molecule is CSN1c2cc3c(cc2B2c4cc5c(cc4Oc4cc(-n6c7ccccc7c7ccccc76)cc1c42)Nc1cc(C)cc2c1B5c1sc4ccccc4c1O2)B1c2sc4ccccc4c2Oc2cc(C)cc(c21)N3. The number of nitrogens with zero attached hydrogens (tertiary/aromatic N) is 2. The molecule has 0 bridgehead atoms. The summed E-state index contributed by atoms with van der Waals surface area (Å²) in [5, 5.41) is 12.7. The minimum atomic E-state index is -0.161. The first kappa shape index (κ1) is 40.5. The van der Waals surface area contributed by atoms with Crippen LogP contribution in [0, 0.1) is 13.8 Å². The quantitative estimate of drug-likeness (QED) is 0.132. The topological polar surface area (TPSA) is 59.9 Å². The van der Waals surface area contributed by atoms with Crippen molar-refractivity contribution in [3.8, 4) is 40.2 Å². The molecule has 0 atom stereocenters. The molecule has 0 fully saturated rings. The fourth-order valence-corrected chi connectivity index (χ4v) is 16.8. The summed E-state index contributed by atoms with van der Waals surface area (Å²) in [5.74, 6) is 5.52. The molecule has 18 rings (SSSR count). The molecule has 74 heavy (non-hydrogen) atoms. The van der Waals surface area contributed by atoms with Crippen LogP contribution in [-0.2, 0) is 0 Å². The van der Waals surface area contributed by atoms with Crippen LogP contribution >= 0.6 is 34.6 Å².